The van der Waals surface area contributed by atoms with Gasteiger partial charge in [0.15, 0.2) is 0 Å². The summed E-state index contributed by atoms with van der Waals surface area (Å²) < 4.78 is 5.54. The summed E-state index contributed by atoms with van der Waals surface area (Å²) in [6, 6.07) is 3.64. The number of aliphatic hydroxyl groups excluding tert-OH is 1. The highest BCUT2D eigenvalue weighted by atomic mass is 16.5. The van der Waals surface area contributed by atoms with Gasteiger partial charge in [-0.25, -0.2) is 4.79 Å². The monoisotopic (exact) mass is 386 g/mol. The van der Waals surface area contributed by atoms with E-state index >= 15 is 0 Å². The van der Waals surface area contributed by atoms with Crippen molar-refractivity contribution in [1.29, 1.82) is 0 Å². The first kappa shape index (κ1) is 22.2. The molecule has 2 N–H and O–H groups in total. The molecule has 4 heteroatoms. The van der Waals surface area contributed by atoms with Crippen molar-refractivity contribution in [2.45, 2.75) is 78.2 Å². The Labute approximate surface area is 168 Å². The second-order valence-electron chi connectivity index (χ2n) is 8.11. The largest absolute Gasteiger partial charge is 0.507 e. The van der Waals surface area contributed by atoms with Gasteiger partial charge in [0.05, 0.1) is 0 Å². The minimum Gasteiger partial charge on any atom is -0.507 e. The summed E-state index contributed by atoms with van der Waals surface area (Å²) in [5, 5.41) is 20.5. The number of hydrogen-bond acceptors (Lipinski definition) is 4. The number of allylic oxidation sites excluding steroid dienone is 3. The molecule has 0 saturated heterocycles. The molecule has 0 unspecified atom stereocenters. The predicted molar refractivity (Wildman–Crippen MR) is 113 cm³/mol. The number of carbonyl (C=O) groups excluding carboxylic acids is 1. The van der Waals surface area contributed by atoms with Gasteiger partial charge in [-0.2, -0.15) is 0 Å². The maximum Gasteiger partial charge on any atom is 0.340 e. The molecule has 0 radical (unpaired) electrons. The molecule has 28 heavy (non-hydrogen) atoms. The topological polar surface area (TPSA) is 66.8 Å². The average molecular weight is 387 g/mol. The minimum atomic E-state index is -1.22. The van der Waals surface area contributed by atoms with Crippen molar-refractivity contribution in [3.8, 4) is 11.5 Å². The summed E-state index contributed by atoms with van der Waals surface area (Å²) in [4.78, 5) is 12.1. The van der Waals surface area contributed by atoms with Gasteiger partial charge in [0, 0.05) is 11.5 Å². The molecule has 0 spiro atoms. The molecule has 2 rings (SSSR count). The Morgan fingerprint density at radius 3 is 2.68 bits per heavy atom. The second kappa shape index (κ2) is 9.92. The molecule has 0 fully saturated rings. The van der Waals surface area contributed by atoms with Crippen molar-refractivity contribution in [1.82, 2.24) is 0 Å². The van der Waals surface area contributed by atoms with E-state index in [0.29, 0.717) is 11.3 Å². The summed E-state index contributed by atoms with van der Waals surface area (Å²) in [7, 11) is 0. The Bertz CT molecular complexity index is 745. The Balaban J connectivity index is 2.51. The molecule has 0 amide bonds. The molecular formula is C24H34O4. The molecule has 0 bridgehead atoms. The third-order valence-electron chi connectivity index (χ3n) is 5.51. The number of ether oxygens (including phenoxy) is 1. The summed E-state index contributed by atoms with van der Waals surface area (Å²) in [5.41, 5.74) is 3.85. The highest BCUT2D eigenvalue weighted by Crippen LogP contribution is 2.47. The van der Waals surface area contributed by atoms with Crippen LogP contribution in [-0.2, 0) is 11.2 Å². The number of benzene rings is 1. The molecule has 1 aliphatic carbocycles. The smallest absolute Gasteiger partial charge is 0.340 e. The molecule has 0 aromatic heterocycles. The maximum atomic E-state index is 12.1. The van der Waals surface area contributed by atoms with Crippen LogP contribution < -0.4 is 4.74 Å². The zero-order valence-electron chi connectivity index (χ0n) is 17.6. The van der Waals surface area contributed by atoms with Crippen LogP contribution in [0, 0.1) is 5.92 Å². The lowest BCUT2D eigenvalue weighted by atomic mass is 9.73. The molecule has 0 aliphatic heterocycles. The number of hydrogen-bond donors (Lipinski definition) is 2. The van der Waals surface area contributed by atoms with Gasteiger partial charge < -0.3 is 14.9 Å². The lowest BCUT2D eigenvalue weighted by molar-refractivity contribution is -0.142. The summed E-state index contributed by atoms with van der Waals surface area (Å²) in [5.74, 6) is -0.156. The van der Waals surface area contributed by atoms with E-state index < -0.39 is 12.1 Å². The van der Waals surface area contributed by atoms with Crippen molar-refractivity contribution in [2.24, 2.45) is 5.92 Å². The zero-order chi connectivity index (χ0) is 20.8. The first-order valence-electron chi connectivity index (χ1n) is 10.3. The van der Waals surface area contributed by atoms with Gasteiger partial charge in [0.25, 0.3) is 0 Å². The van der Waals surface area contributed by atoms with Crippen molar-refractivity contribution in [2.75, 3.05) is 0 Å². The Morgan fingerprint density at radius 2 is 2.07 bits per heavy atom. The van der Waals surface area contributed by atoms with Crippen LogP contribution in [0.15, 0.2) is 35.9 Å². The fraction of sp³-hybridized carbons (Fsp3) is 0.542. The Kier molecular flexibility index (Phi) is 7.88. The predicted octanol–water partition coefficient (Wildman–Crippen LogP) is 5.43. The minimum absolute atomic E-state index is 0.104. The molecule has 1 aromatic carbocycles. The van der Waals surface area contributed by atoms with Crippen LogP contribution in [0.3, 0.4) is 0 Å². The van der Waals surface area contributed by atoms with E-state index in [2.05, 4.69) is 26.5 Å². The number of aliphatic hydroxyl groups is 1. The summed E-state index contributed by atoms with van der Waals surface area (Å²) in [6.07, 6.45) is 6.90. The van der Waals surface area contributed by atoms with Gasteiger partial charge in [-0.15, -0.1) is 0 Å². The highest BCUT2D eigenvalue weighted by molar-refractivity contribution is 5.77. The molecular weight excluding hydrogens is 352 g/mol. The molecule has 0 heterocycles. The van der Waals surface area contributed by atoms with E-state index in [9.17, 15) is 15.0 Å². The molecule has 154 valence electrons. The van der Waals surface area contributed by atoms with Gasteiger partial charge in [-0.1, -0.05) is 43.6 Å². The van der Waals surface area contributed by atoms with E-state index in [1.165, 1.54) is 12.5 Å². The Morgan fingerprint density at radius 1 is 1.36 bits per heavy atom. The quantitative estimate of drug-likeness (QED) is 0.271. The average Bonchev–Trinajstić information content (AvgIpc) is 2.61. The molecule has 4 nitrogen and oxygen atoms in total. The van der Waals surface area contributed by atoms with Crippen molar-refractivity contribution in [3.05, 3.63) is 47.1 Å². The second-order valence-corrected chi connectivity index (χ2v) is 8.11. The highest BCUT2D eigenvalue weighted by Gasteiger charge is 2.31. The number of unbranched alkanes of at least 4 members (excludes halogenated alkanes) is 2. The van der Waals surface area contributed by atoms with Gasteiger partial charge in [0.1, 0.15) is 17.6 Å². The van der Waals surface area contributed by atoms with Crippen LogP contribution in [0.4, 0.5) is 0 Å². The number of carbonyl (C=O) groups is 1. The first-order chi connectivity index (χ1) is 13.2. The molecule has 3 atom stereocenters. The van der Waals surface area contributed by atoms with Crippen LogP contribution in [-0.4, -0.2) is 22.3 Å². The van der Waals surface area contributed by atoms with Gasteiger partial charge >= 0.3 is 5.97 Å². The van der Waals surface area contributed by atoms with E-state index in [0.717, 1.165) is 49.7 Å². The lowest BCUT2D eigenvalue weighted by Crippen LogP contribution is -2.24. The fourth-order valence-electron chi connectivity index (χ4n) is 3.91. The van der Waals surface area contributed by atoms with Crippen LogP contribution in [0.25, 0.3) is 0 Å². The lowest BCUT2D eigenvalue weighted by Gasteiger charge is -2.32. The van der Waals surface area contributed by atoms with Gasteiger partial charge in [-0.05, 0) is 70.1 Å². The van der Waals surface area contributed by atoms with E-state index in [1.54, 1.807) is 6.07 Å². The van der Waals surface area contributed by atoms with Crippen LogP contribution in [0.5, 0.6) is 11.5 Å². The zero-order valence-corrected chi connectivity index (χ0v) is 17.6. The molecule has 1 aliphatic rings. The Hall–Kier alpha value is -2.07. The normalized spacial score (nSPS) is 20.4. The summed E-state index contributed by atoms with van der Waals surface area (Å²) in [6.45, 7) is 11.8. The number of rotatable bonds is 8. The number of phenols is 1. The fourth-order valence-corrected chi connectivity index (χ4v) is 3.91. The van der Waals surface area contributed by atoms with Crippen LogP contribution >= 0.6 is 0 Å². The number of esters is 1. The van der Waals surface area contributed by atoms with E-state index in [1.807, 2.05) is 13.0 Å². The molecule has 0 saturated carbocycles. The van der Waals surface area contributed by atoms with E-state index in [4.69, 9.17) is 4.74 Å². The third kappa shape index (κ3) is 5.48. The van der Waals surface area contributed by atoms with Gasteiger partial charge in [-0.3, -0.25) is 0 Å². The van der Waals surface area contributed by atoms with Crippen LogP contribution in [0.1, 0.15) is 76.8 Å². The van der Waals surface area contributed by atoms with E-state index in [-0.39, 0.29) is 17.6 Å². The maximum absolute atomic E-state index is 12.1. The number of phenolic OH excluding ortho intramolecular Hbond substituents is 1. The standard InChI is InChI=1S/C24H34O4/c1-6-7-8-9-18-13-21(26)23(22(14-18)28-24(27)17(5)25)20-12-16(4)10-11-19(20)15(2)3/h12-14,17,19-20,25-26H,2,6-11H2,1,3-5H3/t17-,19+,20-/m1/s1. The summed E-state index contributed by atoms with van der Waals surface area (Å²) >= 11 is 0. The third-order valence-corrected chi connectivity index (χ3v) is 5.51. The van der Waals surface area contributed by atoms with Gasteiger partial charge in [0.2, 0.25) is 0 Å². The van der Waals surface area contributed by atoms with Crippen LogP contribution in [0.2, 0.25) is 0 Å². The number of aryl methyl sites for hydroxylation is 1. The van der Waals surface area contributed by atoms with Crippen molar-refractivity contribution in [3.63, 3.8) is 0 Å². The van der Waals surface area contributed by atoms with Crippen molar-refractivity contribution >= 4 is 5.97 Å². The van der Waals surface area contributed by atoms with Crippen molar-refractivity contribution < 1.29 is 19.7 Å². The first-order valence-corrected chi connectivity index (χ1v) is 10.3. The SMILES string of the molecule is C=C(C)[C@@H]1CCC(C)=C[C@H]1c1c(O)cc(CCCCC)cc1OC(=O)[C@@H](C)O. The molecule has 1 aromatic rings. The number of aromatic hydroxyl groups is 1.